The van der Waals surface area contributed by atoms with E-state index in [1.807, 2.05) is 57.2 Å². The molecule has 1 amide bonds. The maximum absolute atomic E-state index is 12.5. The van der Waals surface area contributed by atoms with Crippen LogP contribution in [0.25, 0.3) is 0 Å². The zero-order valence-corrected chi connectivity index (χ0v) is 22.6. The molecule has 0 spiro atoms. The summed E-state index contributed by atoms with van der Waals surface area (Å²) in [7, 11) is 0. The summed E-state index contributed by atoms with van der Waals surface area (Å²) in [5.41, 5.74) is 5.21. The summed E-state index contributed by atoms with van der Waals surface area (Å²) in [6.45, 7) is 11.0. The van der Waals surface area contributed by atoms with Crippen molar-refractivity contribution in [2.75, 3.05) is 44.7 Å². The van der Waals surface area contributed by atoms with E-state index >= 15 is 0 Å². The lowest BCUT2D eigenvalue weighted by atomic mass is 10.1. The Hall–Kier alpha value is -3.42. The molecule has 1 fully saturated rings. The Kier molecular flexibility index (Phi) is 9.14. The van der Waals surface area contributed by atoms with E-state index in [0.717, 1.165) is 60.1 Å². The van der Waals surface area contributed by atoms with Gasteiger partial charge in [0.25, 0.3) is 5.91 Å². The third-order valence-electron chi connectivity index (χ3n) is 6.26. The first kappa shape index (κ1) is 26.6. The van der Waals surface area contributed by atoms with E-state index in [1.54, 1.807) is 0 Å². The van der Waals surface area contributed by atoms with Crippen LogP contribution in [0.5, 0.6) is 11.5 Å². The number of carbonyl (C=O) groups is 1. The SMILES string of the molecule is CCOc1cc(C(=S)N2CCN(Cc3ccccc3)CC2)ccc1OCC(=O)Nc1cc(C)cc(C)c1. The monoisotopic (exact) mass is 517 g/mol. The minimum absolute atomic E-state index is 0.111. The Morgan fingerprint density at radius 2 is 1.59 bits per heavy atom. The van der Waals surface area contributed by atoms with Crippen LogP contribution in [0.1, 0.15) is 29.2 Å². The molecule has 0 bridgehead atoms. The number of nitrogens with one attached hydrogen (secondary N) is 1. The highest BCUT2D eigenvalue weighted by Gasteiger charge is 2.21. The molecule has 194 valence electrons. The third-order valence-corrected chi connectivity index (χ3v) is 6.76. The fourth-order valence-corrected chi connectivity index (χ4v) is 4.86. The zero-order valence-electron chi connectivity index (χ0n) is 21.8. The lowest BCUT2D eigenvalue weighted by Crippen LogP contribution is -2.48. The summed E-state index contributed by atoms with van der Waals surface area (Å²) in [5, 5.41) is 2.90. The van der Waals surface area contributed by atoms with Crippen molar-refractivity contribution in [3.05, 3.63) is 89.0 Å². The van der Waals surface area contributed by atoms with Crippen LogP contribution in [-0.4, -0.2) is 60.1 Å². The second-order valence-electron chi connectivity index (χ2n) is 9.36. The average Bonchev–Trinajstić information content (AvgIpc) is 2.88. The van der Waals surface area contributed by atoms with Gasteiger partial charge in [-0.2, -0.15) is 0 Å². The van der Waals surface area contributed by atoms with Crippen molar-refractivity contribution in [1.82, 2.24) is 9.80 Å². The van der Waals surface area contributed by atoms with Gasteiger partial charge in [-0.3, -0.25) is 9.69 Å². The van der Waals surface area contributed by atoms with Crippen LogP contribution in [0.3, 0.4) is 0 Å². The Balaban J connectivity index is 1.34. The average molecular weight is 518 g/mol. The smallest absolute Gasteiger partial charge is 0.262 e. The van der Waals surface area contributed by atoms with Crippen molar-refractivity contribution in [2.45, 2.75) is 27.3 Å². The maximum Gasteiger partial charge on any atom is 0.262 e. The Morgan fingerprint density at radius 3 is 2.27 bits per heavy atom. The second kappa shape index (κ2) is 12.7. The second-order valence-corrected chi connectivity index (χ2v) is 9.75. The number of carbonyl (C=O) groups excluding carboxylic acids is 1. The molecular weight excluding hydrogens is 482 g/mol. The molecule has 1 N–H and O–H groups in total. The van der Waals surface area contributed by atoms with Crippen molar-refractivity contribution in [2.24, 2.45) is 0 Å². The third kappa shape index (κ3) is 7.54. The van der Waals surface area contributed by atoms with Crippen molar-refractivity contribution < 1.29 is 14.3 Å². The molecule has 1 aliphatic heterocycles. The lowest BCUT2D eigenvalue weighted by molar-refractivity contribution is -0.118. The minimum atomic E-state index is -0.222. The van der Waals surface area contributed by atoms with Gasteiger partial charge in [-0.15, -0.1) is 0 Å². The van der Waals surface area contributed by atoms with E-state index in [4.69, 9.17) is 21.7 Å². The number of ether oxygens (including phenoxy) is 2. The number of benzene rings is 3. The van der Waals surface area contributed by atoms with Crippen LogP contribution >= 0.6 is 12.2 Å². The van der Waals surface area contributed by atoms with E-state index in [9.17, 15) is 4.79 Å². The first-order valence-electron chi connectivity index (χ1n) is 12.7. The van der Waals surface area contributed by atoms with Crippen molar-refractivity contribution in [3.8, 4) is 11.5 Å². The zero-order chi connectivity index (χ0) is 26.2. The van der Waals surface area contributed by atoms with E-state index in [2.05, 4.69) is 45.4 Å². The molecule has 1 heterocycles. The van der Waals surface area contributed by atoms with Gasteiger partial charge in [0, 0.05) is 44.0 Å². The molecule has 1 aliphatic rings. The fourth-order valence-electron chi connectivity index (χ4n) is 4.55. The predicted molar refractivity (Wildman–Crippen MR) is 153 cm³/mol. The van der Waals surface area contributed by atoms with Gasteiger partial charge in [0.1, 0.15) is 4.99 Å². The molecule has 0 saturated carbocycles. The van der Waals surface area contributed by atoms with Crippen LogP contribution in [0.2, 0.25) is 0 Å². The first-order valence-corrected chi connectivity index (χ1v) is 13.2. The van der Waals surface area contributed by atoms with Gasteiger partial charge in [0.2, 0.25) is 0 Å². The topological polar surface area (TPSA) is 54.0 Å². The van der Waals surface area contributed by atoms with Gasteiger partial charge in [-0.25, -0.2) is 0 Å². The number of hydrogen-bond acceptors (Lipinski definition) is 5. The Bertz CT molecular complexity index is 1200. The Labute approximate surface area is 225 Å². The molecule has 1 saturated heterocycles. The number of aryl methyl sites for hydroxylation is 2. The van der Waals surface area contributed by atoms with Crippen molar-refractivity contribution in [1.29, 1.82) is 0 Å². The summed E-state index contributed by atoms with van der Waals surface area (Å²) in [4.78, 5) is 18.0. The fraction of sp³-hybridized carbons (Fsp3) is 0.333. The first-order chi connectivity index (χ1) is 17.9. The van der Waals surface area contributed by atoms with Crippen LogP contribution in [0.4, 0.5) is 5.69 Å². The molecule has 37 heavy (non-hydrogen) atoms. The molecule has 0 unspecified atom stereocenters. The van der Waals surface area contributed by atoms with E-state index < -0.39 is 0 Å². The highest BCUT2D eigenvalue weighted by molar-refractivity contribution is 7.80. The molecule has 4 rings (SSSR count). The number of amides is 1. The summed E-state index contributed by atoms with van der Waals surface area (Å²) < 4.78 is 11.7. The van der Waals surface area contributed by atoms with Crippen LogP contribution in [0, 0.1) is 13.8 Å². The highest BCUT2D eigenvalue weighted by Crippen LogP contribution is 2.29. The highest BCUT2D eigenvalue weighted by atomic mass is 32.1. The number of anilines is 1. The summed E-state index contributed by atoms with van der Waals surface area (Å²) >= 11 is 5.84. The summed E-state index contributed by atoms with van der Waals surface area (Å²) in [5.74, 6) is 0.890. The number of piperazine rings is 1. The quantitative estimate of drug-likeness (QED) is 0.393. The molecule has 0 aromatic heterocycles. The predicted octanol–water partition coefficient (Wildman–Crippen LogP) is 5.21. The molecule has 0 aliphatic carbocycles. The molecule has 3 aromatic rings. The summed E-state index contributed by atoms with van der Waals surface area (Å²) in [6, 6.07) is 22.2. The normalized spacial score (nSPS) is 13.8. The summed E-state index contributed by atoms with van der Waals surface area (Å²) in [6.07, 6.45) is 0. The Morgan fingerprint density at radius 1 is 0.892 bits per heavy atom. The molecule has 7 heteroatoms. The lowest BCUT2D eigenvalue weighted by Gasteiger charge is -2.36. The van der Waals surface area contributed by atoms with Gasteiger partial charge in [-0.1, -0.05) is 48.6 Å². The van der Waals surface area contributed by atoms with Crippen molar-refractivity contribution >= 4 is 28.8 Å². The van der Waals surface area contributed by atoms with Crippen LogP contribution < -0.4 is 14.8 Å². The van der Waals surface area contributed by atoms with Gasteiger partial charge < -0.3 is 19.7 Å². The largest absolute Gasteiger partial charge is 0.490 e. The van der Waals surface area contributed by atoms with Gasteiger partial charge in [0.15, 0.2) is 18.1 Å². The molecule has 6 nitrogen and oxygen atoms in total. The molecular formula is C30H35N3O3S. The number of nitrogens with zero attached hydrogens (tertiary/aromatic N) is 2. The maximum atomic E-state index is 12.5. The van der Waals surface area contributed by atoms with Crippen LogP contribution in [-0.2, 0) is 11.3 Å². The molecule has 3 aromatic carbocycles. The molecule has 0 radical (unpaired) electrons. The van der Waals surface area contributed by atoms with Gasteiger partial charge in [-0.05, 0) is 67.8 Å². The van der Waals surface area contributed by atoms with E-state index in [1.165, 1.54) is 5.56 Å². The number of rotatable bonds is 9. The standard InChI is InChI=1S/C30H35N3O3S/c1-4-35-28-19-25(30(37)33-14-12-32(13-15-33)20-24-8-6-5-7-9-24)10-11-27(28)36-21-29(34)31-26-17-22(2)16-23(3)18-26/h5-11,16-19H,4,12-15,20-21H2,1-3H3,(H,31,34). The number of thiocarbonyl (C=S) groups is 1. The van der Waals surface area contributed by atoms with Crippen molar-refractivity contribution in [3.63, 3.8) is 0 Å². The van der Waals surface area contributed by atoms with Crippen LogP contribution in [0.15, 0.2) is 66.7 Å². The van der Waals surface area contributed by atoms with E-state index in [0.29, 0.717) is 18.1 Å². The minimum Gasteiger partial charge on any atom is -0.490 e. The number of hydrogen-bond donors (Lipinski definition) is 1. The van der Waals surface area contributed by atoms with Gasteiger partial charge in [0.05, 0.1) is 6.61 Å². The van der Waals surface area contributed by atoms with E-state index in [-0.39, 0.29) is 12.5 Å². The molecule has 0 atom stereocenters. The van der Waals surface area contributed by atoms with Gasteiger partial charge >= 0.3 is 0 Å².